The highest BCUT2D eigenvalue weighted by atomic mass is 32.1. The molecule has 0 aromatic carbocycles. The van der Waals surface area contributed by atoms with Crippen LogP contribution in [0.15, 0.2) is 10.8 Å². The van der Waals surface area contributed by atoms with Gasteiger partial charge in [-0.25, -0.2) is 0 Å². The summed E-state index contributed by atoms with van der Waals surface area (Å²) < 4.78 is 1.06. The van der Waals surface area contributed by atoms with Gasteiger partial charge >= 0.3 is 0 Å². The molecule has 2 aromatic rings. The molecule has 3 heterocycles. The molecule has 3 rings (SSSR count). The first kappa shape index (κ1) is 14.7. The van der Waals surface area contributed by atoms with Gasteiger partial charge < -0.3 is 0 Å². The van der Waals surface area contributed by atoms with Crippen LogP contribution in [0.4, 0.5) is 0 Å². The van der Waals surface area contributed by atoms with E-state index in [1.54, 1.807) is 11.3 Å². The molecule has 0 aliphatic carbocycles. The fourth-order valence-corrected chi connectivity index (χ4v) is 4.92. The number of fused-ring (bicyclic) bond motifs is 3. The third-order valence-electron chi connectivity index (χ3n) is 3.97. The number of hydrogen-bond donors (Lipinski definition) is 0. The van der Waals surface area contributed by atoms with Crippen LogP contribution in [0.3, 0.4) is 0 Å². The third-order valence-corrected chi connectivity index (χ3v) is 6.00. The first-order chi connectivity index (χ1) is 10.2. The number of hydrogen-bond acceptors (Lipinski definition) is 4. The van der Waals surface area contributed by atoms with Gasteiger partial charge in [0, 0.05) is 27.4 Å². The Kier molecular flexibility index (Phi) is 4.40. The zero-order valence-corrected chi connectivity index (χ0v) is 13.8. The number of thiophene rings is 2. The number of imide groups is 1. The minimum absolute atomic E-state index is 0.0882. The molecular formula is C16H19NO2S2. The maximum Gasteiger partial charge on any atom is 0.271 e. The molecule has 0 fully saturated rings. The molecule has 1 aliphatic rings. The van der Waals surface area contributed by atoms with E-state index >= 15 is 0 Å². The predicted molar refractivity (Wildman–Crippen MR) is 88.4 cm³/mol. The van der Waals surface area contributed by atoms with Crippen LogP contribution in [0, 0.1) is 0 Å². The second kappa shape index (κ2) is 6.28. The van der Waals surface area contributed by atoms with E-state index in [9.17, 15) is 9.59 Å². The van der Waals surface area contributed by atoms with Crippen LogP contribution in [0.1, 0.15) is 65.5 Å². The molecule has 0 N–H and O–H groups in total. The first-order valence-corrected chi connectivity index (χ1v) is 9.35. The van der Waals surface area contributed by atoms with Crippen LogP contribution < -0.4 is 0 Å². The number of rotatable bonds is 7. The summed E-state index contributed by atoms with van der Waals surface area (Å²) in [6, 6.07) is 0. The highest BCUT2D eigenvalue weighted by Gasteiger charge is 2.38. The van der Waals surface area contributed by atoms with Gasteiger partial charge in [-0.3, -0.25) is 14.5 Å². The van der Waals surface area contributed by atoms with Crippen LogP contribution in [-0.2, 0) is 0 Å². The molecule has 112 valence electrons. The number of amides is 2. The molecule has 1 aliphatic heterocycles. The zero-order valence-electron chi connectivity index (χ0n) is 12.2. The highest BCUT2D eigenvalue weighted by Crippen LogP contribution is 2.39. The molecule has 0 spiro atoms. The molecule has 0 bridgehead atoms. The van der Waals surface area contributed by atoms with Gasteiger partial charge in [-0.05, 0) is 6.42 Å². The molecule has 2 aromatic heterocycles. The quantitative estimate of drug-likeness (QED) is 0.536. The largest absolute Gasteiger partial charge is 0.274 e. The summed E-state index contributed by atoms with van der Waals surface area (Å²) in [5.74, 6) is -0.178. The molecule has 0 saturated carbocycles. The number of carbonyl (C=O) groups is 2. The summed E-state index contributed by atoms with van der Waals surface area (Å²) in [6.07, 6.45) is 6.97. The number of carbonyl (C=O) groups excluding carboxylic acids is 2. The van der Waals surface area contributed by atoms with Crippen LogP contribution in [0.2, 0.25) is 0 Å². The van der Waals surface area contributed by atoms with E-state index in [0.29, 0.717) is 17.0 Å². The summed E-state index contributed by atoms with van der Waals surface area (Å²) in [5.41, 5.74) is 0.646. The summed E-state index contributed by atoms with van der Waals surface area (Å²) >= 11 is 3.04. The Morgan fingerprint density at radius 3 is 2.57 bits per heavy atom. The lowest BCUT2D eigenvalue weighted by molar-refractivity contribution is 0.0653. The Labute approximate surface area is 132 Å². The van der Waals surface area contributed by atoms with Gasteiger partial charge in [-0.15, -0.1) is 11.3 Å². The molecule has 0 atom stereocenters. The maximum absolute atomic E-state index is 12.5. The normalized spacial score (nSPS) is 14.4. The SMILES string of the molecule is CCCCCCCCN1C(=O)c2sc3cscc3c2C1=O. The van der Waals surface area contributed by atoms with Gasteiger partial charge in [0.15, 0.2) is 0 Å². The van der Waals surface area contributed by atoms with Crippen molar-refractivity contribution >= 4 is 44.6 Å². The van der Waals surface area contributed by atoms with Crippen molar-refractivity contribution < 1.29 is 9.59 Å². The maximum atomic E-state index is 12.5. The van der Waals surface area contributed by atoms with Crippen LogP contribution in [0.25, 0.3) is 10.1 Å². The number of unbranched alkanes of at least 4 members (excludes halogenated alkanes) is 5. The lowest BCUT2D eigenvalue weighted by atomic mass is 10.1. The standard InChI is InChI=1S/C16H19NO2S2/c1-2-3-4-5-6-7-8-17-15(18)13-11-9-20-10-12(11)21-14(13)16(17)19/h9-10H,2-8H2,1H3. The van der Waals surface area contributed by atoms with Crippen molar-refractivity contribution in [1.82, 2.24) is 4.90 Å². The molecule has 2 amide bonds. The Morgan fingerprint density at radius 1 is 1.00 bits per heavy atom. The third kappa shape index (κ3) is 2.64. The van der Waals surface area contributed by atoms with Gasteiger partial charge in [0.25, 0.3) is 11.8 Å². The first-order valence-electron chi connectivity index (χ1n) is 7.59. The Bertz CT molecular complexity index is 671. The average Bonchev–Trinajstić information content (AvgIpc) is 3.10. The fourth-order valence-electron chi connectivity index (χ4n) is 2.80. The smallest absolute Gasteiger partial charge is 0.271 e. The minimum atomic E-state index is -0.0896. The highest BCUT2D eigenvalue weighted by molar-refractivity contribution is 7.24. The van der Waals surface area contributed by atoms with Gasteiger partial charge in [-0.1, -0.05) is 39.0 Å². The van der Waals surface area contributed by atoms with E-state index in [1.165, 1.54) is 41.9 Å². The van der Waals surface area contributed by atoms with E-state index in [1.807, 2.05) is 10.8 Å². The van der Waals surface area contributed by atoms with Gasteiger partial charge in [0.2, 0.25) is 0 Å². The van der Waals surface area contributed by atoms with Gasteiger partial charge in [0.05, 0.1) is 5.56 Å². The van der Waals surface area contributed by atoms with Crippen molar-refractivity contribution in [2.75, 3.05) is 6.54 Å². The molecular weight excluding hydrogens is 302 g/mol. The molecule has 0 unspecified atom stereocenters. The molecule has 0 radical (unpaired) electrons. The van der Waals surface area contributed by atoms with Crippen molar-refractivity contribution in [3.8, 4) is 0 Å². The van der Waals surface area contributed by atoms with Crippen LogP contribution >= 0.6 is 22.7 Å². The molecule has 0 saturated heterocycles. The number of nitrogens with zero attached hydrogens (tertiary/aromatic N) is 1. The molecule has 21 heavy (non-hydrogen) atoms. The monoisotopic (exact) mass is 321 g/mol. The van der Waals surface area contributed by atoms with E-state index < -0.39 is 0 Å². The molecule has 5 heteroatoms. The lowest BCUT2D eigenvalue weighted by Crippen LogP contribution is -2.30. The predicted octanol–water partition coefficient (Wildman–Crippen LogP) is 4.92. The van der Waals surface area contributed by atoms with E-state index in [0.717, 1.165) is 22.9 Å². The van der Waals surface area contributed by atoms with Crippen molar-refractivity contribution in [3.05, 3.63) is 21.2 Å². The average molecular weight is 321 g/mol. The second-order valence-electron chi connectivity index (χ2n) is 5.49. The topological polar surface area (TPSA) is 37.4 Å². The molecule has 3 nitrogen and oxygen atoms in total. The van der Waals surface area contributed by atoms with Crippen molar-refractivity contribution in [1.29, 1.82) is 0 Å². The summed E-state index contributed by atoms with van der Waals surface area (Å²) in [4.78, 5) is 26.9. The van der Waals surface area contributed by atoms with Crippen LogP contribution in [0.5, 0.6) is 0 Å². The van der Waals surface area contributed by atoms with E-state index in [-0.39, 0.29) is 11.8 Å². The summed E-state index contributed by atoms with van der Waals surface area (Å²) in [5, 5.41) is 4.95. The Hall–Kier alpha value is -1.20. The van der Waals surface area contributed by atoms with Gasteiger partial charge in [0.1, 0.15) is 4.88 Å². The van der Waals surface area contributed by atoms with Crippen molar-refractivity contribution in [3.63, 3.8) is 0 Å². The van der Waals surface area contributed by atoms with Gasteiger partial charge in [-0.2, -0.15) is 11.3 Å². The minimum Gasteiger partial charge on any atom is -0.274 e. The summed E-state index contributed by atoms with van der Waals surface area (Å²) in [6.45, 7) is 2.77. The zero-order chi connectivity index (χ0) is 14.8. The van der Waals surface area contributed by atoms with E-state index in [4.69, 9.17) is 0 Å². The fraction of sp³-hybridized carbons (Fsp3) is 0.500. The van der Waals surface area contributed by atoms with Crippen molar-refractivity contribution in [2.24, 2.45) is 0 Å². The second-order valence-corrected chi connectivity index (χ2v) is 7.28. The van der Waals surface area contributed by atoms with E-state index in [2.05, 4.69) is 6.92 Å². The Morgan fingerprint density at radius 2 is 1.76 bits per heavy atom. The van der Waals surface area contributed by atoms with Crippen LogP contribution in [-0.4, -0.2) is 23.3 Å². The lowest BCUT2D eigenvalue weighted by Gasteiger charge is -2.13. The summed E-state index contributed by atoms with van der Waals surface area (Å²) in [7, 11) is 0. The Balaban J connectivity index is 1.62. The van der Waals surface area contributed by atoms with Crippen molar-refractivity contribution in [2.45, 2.75) is 45.4 Å².